The van der Waals surface area contributed by atoms with E-state index < -0.39 is 6.03 Å². The van der Waals surface area contributed by atoms with Crippen molar-refractivity contribution in [2.75, 3.05) is 13.7 Å². The summed E-state index contributed by atoms with van der Waals surface area (Å²) >= 11 is 2.10. The van der Waals surface area contributed by atoms with Gasteiger partial charge in [0.1, 0.15) is 12.3 Å². The van der Waals surface area contributed by atoms with Gasteiger partial charge in [0, 0.05) is 0 Å². The van der Waals surface area contributed by atoms with Gasteiger partial charge in [0.05, 0.1) is 17.2 Å². The minimum absolute atomic E-state index is 0.121. The van der Waals surface area contributed by atoms with Crippen LogP contribution in [0.5, 0.6) is 11.5 Å². The molecule has 1 N–H and O–H groups in total. The fourth-order valence-electron chi connectivity index (χ4n) is 2.72. The first-order valence-corrected chi connectivity index (χ1v) is 9.43. The summed E-state index contributed by atoms with van der Waals surface area (Å²) in [7, 11) is 1.52. The number of amides is 3. The van der Waals surface area contributed by atoms with Gasteiger partial charge in [-0.25, -0.2) is 4.79 Å². The highest BCUT2D eigenvalue weighted by atomic mass is 127. The SMILES string of the molecule is C#CCOc1c(I)cc(/C=C2/NC(=O)N(Cc3ccccc3)C2=O)cc1OC. The van der Waals surface area contributed by atoms with Crippen LogP contribution in [0.3, 0.4) is 0 Å². The lowest BCUT2D eigenvalue weighted by Crippen LogP contribution is -2.30. The maximum atomic E-state index is 12.7. The lowest BCUT2D eigenvalue weighted by molar-refractivity contribution is -0.123. The molecule has 1 heterocycles. The Balaban J connectivity index is 1.85. The van der Waals surface area contributed by atoms with Crippen molar-refractivity contribution >= 4 is 40.6 Å². The van der Waals surface area contributed by atoms with Crippen LogP contribution in [0.25, 0.3) is 6.08 Å². The second kappa shape index (κ2) is 8.80. The predicted molar refractivity (Wildman–Crippen MR) is 114 cm³/mol. The quantitative estimate of drug-likeness (QED) is 0.293. The minimum Gasteiger partial charge on any atom is -0.493 e. The van der Waals surface area contributed by atoms with Gasteiger partial charge in [-0.05, 0) is 51.9 Å². The van der Waals surface area contributed by atoms with Gasteiger partial charge in [-0.1, -0.05) is 36.3 Å². The molecule has 6 nitrogen and oxygen atoms in total. The number of carbonyl (C=O) groups excluding carboxylic acids is 2. The standard InChI is InChI=1S/C21H17IN2O4/c1-3-9-28-19-16(22)10-15(12-18(19)27-2)11-17-20(25)24(21(26)23-17)13-14-7-5-4-6-8-14/h1,4-8,10-12H,9,13H2,2H3,(H,23,26)/b17-11+. The molecule has 0 saturated carbocycles. The number of rotatable bonds is 6. The first-order chi connectivity index (χ1) is 13.5. The molecule has 28 heavy (non-hydrogen) atoms. The number of carbonyl (C=O) groups is 2. The summed E-state index contributed by atoms with van der Waals surface area (Å²) in [6.07, 6.45) is 6.86. The topological polar surface area (TPSA) is 67.9 Å². The molecule has 3 rings (SSSR count). The lowest BCUT2D eigenvalue weighted by atomic mass is 10.1. The largest absolute Gasteiger partial charge is 0.493 e. The monoisotopic (exact) mass is 488 g/mol. The van der Waals surface area contributed by atoms with Crippen LogP contribution in [0.1, 0.15) is 11.1 Å². The van der Waals surface area contributed by atoms with E-state index in [0.717, 1.165) is 9.13 Å². The number of nitrogens with zero attached hydrogens (tertiary/aromatic N) is 1. The number of halogens is 1. The van der Waals surface area contributed by atoms with Crippen LogP contribution >= 0.6 is 22.6 Å². The summed E-state index contributed by atoms with van der Waals surface area (Å²) in [5.74, 6) is 3.06. The summed E-state index contributed by atoms with van der Waals surface area (Å²) in [4.78, 5) is 26.1. The zero-order chi connectivity index (χ0) is 20.1. The Labute approximate surface area is 176 Å². The molecule has 0 bridgehead atoms. The van der Waals surface area contributed by atoms with E-state index in [-0.39, 0.29) is 24.8 Å². The number of urea groups is 1. The number of benzene rings is 2. The maximum Gasteiger partial charge on any atom is 0.329 e. The van der Waals surface area contributed by atoms with Gasteiger partial charge in [0.2, 0.25) is 0 Å². The Morgan fingerprint density at radius 3 is 2.68 bits per heavy atom. The molecule has 7 heteroatoms. The third-order valence-electron chi connectivity index (χ3n) is 4.01. The van der Waals surface area contributed by atoms with Crippen LogP contribution in [0.2, 0.25) is 0 Å². The molecule has 3 amide bonds. The molecule has 1 aliphatic heterocycles. The molecule has 0 aliphatic carbocycles. The highest BCUT2D eigenvalue weighted by Crippen LogP contribution is 2.34. The van der Waals surface area contributed by atoms with Gasteiger partial charge in [-0.2, -0.15) is 0 Å². The van der Waals surface area contributed by atoms with Crippen molar-refractivity contribution in [1.82, 2.24) is 10.2 Å². The molecule has 1 fully saturated rings. The Bertz CT molecular complexity index is 980. The number of ether oxygens (including phenoxy) is 2. The fraction of sp³-hybridized carbons (Fsp3) is 0.143. The zero-order valence-electron chi connectivity index (χ0n) is 15.1. The van der Waals surface area contributed by atoms with Crippen LogP contribution in [0, 0.1) is 15.9 Å². The third kappa shape index (κ3) is 4.28. The summed E-state index contributed by atoms with van der Waals surface area (Å²) < 4.78 is 11.7. The van der Waals surface area contributed by atoms with Gasteiger partial charge < -0.3 is 14.8 Å². The molecular weight excluding hydrogens is 471 g/mol. The van der Waals surface area contributed by atoms with Crippen molar-refractivity contribution in [1.29, 1.82) is 0 Å². The van der Waals surface area contributed by atoms with Gasteiger partial charge in [-0.15, -0.1) is 6.42 Å². The molecule has 2 aromatic carbocycles. The highest BCUT2D eigenvalue weighted by molar-refractivity contribution is 14.1. The van der Waals surface area contributed by atoms with Crippen LogP contribution in [-0.4, -0.2) is 30.6 Å². The number of imide groups is 1. The molecular formula is C21H17IN2O4. The molecule has 2 aromatic rings. The number of hydrogen-bond donors (Lipinski definition) is 1. The molecule has 142 valence electrons. The average molecular weight is 488 g/mol. The third-order valence-corrected chi connectivity index (χ3v) is 4.81. The van der Waals surface area contributed by atoms with E-state index in [4.69, 9.17) is 15.9 Å². The van der Waals surface area contributed by atoms with Gasteiger partial charge >= 0.3 is 6.03 Å². The van der Waals surface area contributed by atoms with E-state index in [1.54, 1.807) is 12.1 Å². The first-order valence-electron chi connectivity index (χ1n) is 8.35. The smallest absolute Gasteiger partial charge is 0.329 e. The van der Waals surface area contributed by atoms with Crippen molar-refractivity contribution in [2.24, 2.45) is 0 Å². The molecule has 1 saturated heterocycles. The number of hydrogen-bond acceptors (Lipinski definition) is 4. The van der Waals surface area contributed by atoms with E-state index >= 15 is 0 Å². The first kappa shape index (κ1) is 19.8. The second-order valence-electron chi connectivity index (χ2n) is 5.89. The number of methoxy groups -OCH3 is 1. The minimum atomic E-state index is -0.448. The van der Waals surface area contributed by atoms with Crippen molar-refractivity contribution in [2.45, 2.75) is 6.54 Å². The van der Waals surface area contributed by atoms with Gasteiger partial charge in [-0.3, -0.25) is 9.69 Å². The number of terminal acetylenes is 1. The summed E-state index contributed by atoms with van der Waals surface area (Å²) in [5.41, 5.74) is 1.77. The molecule has 0 spiro atoms. The Morgan fingerprint density at radius 1 is 1.25 bits per heavy atom. The molecule has 0 unspecified atom stereocenters. The van der Waals surface area contributed by atoms with E-state index in [0.29, 0.717) is 17.1 Å². The zero-order valence-corrected chi connectivity index (χ0v) is 17.2. The van der Waals surface area contributed by atoms with Crippen molar-refractivity contribution in [3.05, 3.63) is 62.9 Å². The average Bonchev–Trinajstić information content (AvgIpc) is 2.95. The highest BCUT2D eigenvalue weighted by Gasteiger charge is 2.33. The fourth-order valence-corrected chi connectivity index (χ4v) is 3.51. The van der Waals surface area contributed by atoms with E-state index in [9.17, 15) is 9.59 Å². The van der Waals surface area contributed by atoms with Crippen LogP contribution in [0.4, 0.5) is 4.79 Å². The van der Waals surface area contributed by atoms with Crippen molar-refractivity contribution in [3.8, 4) is 23.8 Å². The number of nitrogens with one attached hydrogen (secondary N) is 1. The second-order valence-corrected chi connectivity index (χ2v) is 7.05. The summed E-state index contributed by atoms with van der Waals surface area (Å²) in [6, 6.07) is 12.4. The molecule has 1 aliphatic rings. The summed E-state index contributed by atoms with van der Waals surface area (Å²) in [6.45, 7) is 0.332. The predicted octanol–water partition coefficient (Wildman–Crippen LogP) is 3.40. The van der Waals surface area contributed by atoms with E-state index in [1.807, 2.05) is 36.4 Å². The van der Waals surface area contributed by atoms with E-state index in [1.165, 1.54) is 12.0 Å². The molecule has 0 aromatic heterocycles. The summed E-state index contributed by atoms with van der Waals surface area (Å²) in [5, 5.41) is 2.63. The Hall–Kier alpha value is -2.99. The Kier molecular flexibility index (Phi) is 6.21. The van der Waals surface area contributed by atoms with Crippen molar-refractivity contribution in [3.63, 3.8) is 0 Å². The normalized spacial score (nSPS) is 14.8. The maximum absolute atomic E-state index is 12.7. The lowest BCUT2D eigenvalue weighted by Gasteiger charge is -2.12. The van der Waals surface area contributed by atoms with Crippen LogP contribution in [0.15, 0.2) is 48.2 Å². The van der Waals surface area contributed by atoms with Gasteiger partial charge in [0.15, 0.2) is 11.5 Å². The Morgan fingerprint density at radius 2 is 2.00 bits per heavy atom. The van der Waals surface area contributed by atoms with E-state index in [2.05, 4.69) is 33.8 Å². The van der Waals surface area contributed by atoms with Crippen LogP contribution < -0.4 is 14.8 Å². The molecule has 0 radical (unpaired) electrons. The molecule has 0 atom stereocenters. The van der Waals surface area contributed by atoms with Crippen LogP contribution in [-0.2, 0) is 11.3 Å². The van der Waals surface area contributed by atoms with Gasteiger partial charge in [0.25, 0.3) is 5.91 Å². The van der Waals surface area contributed by atoms with Crippen molar-refractivity contribution < 1.29 is 19.1 Å².